The van der Waals surface area contributed by atoms with E-state index in [1.165, 1.54) is 36.4 Å². The average Bonchev–Trinajstić information content (AvgIpc) is 2.52. The third-order valence-electron chi connectivity index (χ3n) is 3.38. The van der Waals surface area contributed by atoms with Gasteiger partial charge in [0.25, 0.3) is 0 Å². The van der Waals surface area contributed by atoms with Crippen LogP contribution < -0.4 is 9.81 Å². The molecule has 0 fully saturated rings. The van der Waals surface area contributed by atoms with Gasteiger partial charge in [0.05, 0.1) is 0 Å². The standard InChI is InChI=1S/C16H10Cl2O5S/c1-9-13-7-4-11(8-14(13)22-16(19)15(9)18)23-24(20,21)12-5-2-10(17)3-6-12/h2-8H,1H3. The Hall–Kier alpha value is -2.02. The van der Waals surface area contributed by atoms with Gasteiger partial charge in [0.1, 0.15) is 21.3 Å². The van der Waals surface area contributed by atoms with Crippen LogP contribution in [0.25, 0.3) is 11.0 Å². The van der Waals surface area contributed by atoms with Gasteiger partial charge in [-0.15, -0.1) is 0 Å². The highest BCUT2D eigenvalue weighted by molar-refractivity contribution is 7.87. The Bertz CT molecular complexity index is 1090. The van der Waals surface area contributed by atoms with Gasteiger partial charge in [-0.3, -0.25) is 0 Å². The second kappa shape index (κ2) is 6.12. The zero-order valence-electron chi connectivity index (χ0n) is 12.2. The van der Waals surface area contributed by atoms with Crippen molar-refractivity contribution in [3.63, 3.8) is 0 Å². The number of hydrogen-bond acceptors (Lipinski definition) is 5. The zero-order chi connectivity index (χ0) is 17.5. The number of fused-ring (bicyclic) bond motifs is 1. The molecule has 3 rings (SSSR count). The van der Waals surface area contributed by atoms with Crippen molar-refractivity contribution in [3.05, 3.63) is 68.5 Å². The molecule has 0 radical (unpaired) electrons. The van der Waals surface area contributed by atoms with E-state index in [9.17, 15) is 13.2 Å². The third kappa shape index (κ3) is 3.13. The molecule has 0 N–H and O–H groups in total. The van der Waals surface area contributed by atoms with Gasteiger partial charge in [-0.2, -0.15) is 8.42 Å². The molecule has 0 saturated carbocycles. The van der Waals surface area contributed by atoms with E-state index in [2.05, 4.69) is 0 Å². The van der Waals surface area contributed by atoms with Crippen LogP contribution in [0, 0.1) is 6.92 Å². The lowest BCUT2D eigenvalue weighted by Crippen LogP contribution is -2.09. The number of hydrogen-bond donors (Lipinski definition) is 0. The summed E-state index contributed by atoms with van der Waals surface area (Å²) in [4.78, 5) is 11.6. The Morgan fingerprint density at radius 1 is 1.04 bits per heavy atom. The van der Waals surface area contributed by atoms with Crippen molar-refractivity contribution in [3.8, 4) is 5.75 Å². The molecule has 1 heterocycles. The van der Waals surface area contributed by atoms with Gasteiger partial charge in [-0.1, -0.05) is 23.2 Å². The number of halogens is 2. The molecule has 0 aliphatic heterocycles. The monoisotopic (exact) mass is 384 g/mol. The minimum atomic E-state index is -4.03. The highest BCUT2D eigenvalue weighted by Crippen LogP contribution is 2.27. The number of rotatable bonds is 3. The second-order valence-corrected chi connectivity index (χ2v) is 7.34. The number of benzene rings is 2. The second-order valence-electron chi connectivity index (χ2n) is 4.98. The first-order valence-electron chi connectivity index (χ1n) is 6.71. The molecule has 1 aromatic heterocycles. The van der Waals surface area contributed by atoms with Crippen LogP contribution in [0.2, 0.25) is 10.0 Å². The van der Waals surface area contributed by atoms with E-state index in [1.807, 2.05) is 0 Å². The first-order chi connectivity index (χ1) is 11.3. The molecule has 0 atom stereocenters. The summed E-state index contributed by atoms with van der Waals surface area (Å²) >= 11 is 11.6. The highest BCUT2D eigenvalue weighted by Gasteiger charge is 2.18. The van der Waals surface area contributed by atoms with Gasteiger partial charge >= 0.3 is 15.7 Å². The minimum absolute atomic E-state index is 0.00930. The molecule has 0 spiro atoms. The lowest BCUT2D eigenvalue weighted by Gasteiger charge is -2.08. The van der Waals surface area contributed by atoms with Gasteiger partial charge in [0.2, 0.25) is 0 Å². The summed E-state index contributed by atoms with van der Waals surface area (Å²) in [5, 5.41) is 0.995. The van der Waals surface area contributed by atoms with Crippen molar-refractivity contribution in [1.29, 1.82) is 0 Å². The maximum Gasteiger partial charge on any atom is 0.355 e. The van der Waals surface area contributed by atoms with Crippen LogP contribution in [0.4, 0.5) is 0 Å². The molecule has 0 amide bonds. The van der Waals surface area contributed by atoms with Crippen molar-refractivity contribution in [2.75, 3.05) is 0 Å². The lowest BCUT2D eigenvalue weighted by atomic mass is 10.1. The van der Waals surface area contributed by atoms with Crippen LogP contribution in [0.5, 0.6) is 5.75 Å². The van der Waals surface area contributed by atoms with Crippen molar-refractivity contribution in [2.45, 2.75) is 11.8 Å². The van der Waals surface area contributed by atoms with E-state index in [0.29, 0.717) is 16.0 Å². The molecular weight excluding hydrogens is 375 g/mol. The first kappa shape index (κ1) is 16.8. The van der Waals surface area contributed by atoms with E-state index in [-0.39, 0.29) is 21.3 Å². The molecule has 24 heavy (non-hydrogen) atoms. The van der Waals surface area contributed by atoms with Crippen LogP contribution in [0.15, 0.2) is 56.6 Å². The zero-order valence-corrected chi connectivity index (χ0v) is 14.6. The van der Waals surface area contributed by atoms with Gasteiger partial charge in [0.15, 0.2) is 0 Å². The van der Waals surface area contributed by atoms with Gasteiger partial charge in [-0.25, -0.2) is 4.79 Å². The third-order valence-corrected chi connectivity index (χ3v) is 5.33. The minimum Gasteiger partial charge on any atom is -0.421 e. The average molecular weight is 385 g/mol. The van der Waals surface area contributed by atoms with Crippen LogP contribution in [0.1, 0.15) is 5.56 Å². The fraction of sp³-hybridized carbons (Fsp3) is 0.0625. The van der Waals surface area contributed by atoms with E-state index < -0.39 is 15.7 Å². The molecule has 0 bridgehead atoms. The molecule has 3 aromatic rings. The van der Waals surface area contributed by atoms with E-state index in [4.69, 9.17) is 31.8 Å². The Balaban J connectivity index is 2.03. The Morgan fingerprint density at radius 3 is 2.38 bits per heavy atom. The summed E-state index contributed by atoms with van der Waals surface area (Å²) < 4.78 is 34.7. The normalized spacial score (nSPS) is 11.6. The molecule has 0 unspecified atom stereocenters. The Labute approximate surface area is 147 Å². The quantitative estimate of drug-likeness (QED) is 0.500. The fourth-order valence-corrected chi connectivity index (χ4v) is 3.33. The molecule has 2 aromatic carbocycles. The smallest absolute Gasteiger partial charge is 0.355 e. The summed E-state index contributed by atoms with van der Waals surface area (Å²) in [6.07, 6.45) is 0. The van der Waals surface area contributed by atoms with Crippen LogP contribution in [-0.4, -0.2) is 8.42 Å². The van der Waals surface area contributed by atoms with Gasteiger partial charge in [0, 0.05) is 16.5 Å². The van der Waals surface area contributed by atoms with E-state index in [1.54, 1.807) is 13.0 Å². The molecule has 0 saturated heterocycles. The van der Waals surface area contributed by atoms with Crippen LogP contribution in [0.3, 0.4) is 0 Å². The van der Waals surface area contributed by atoms with Gasteiger partial charge < -0.3 is 8.60 Å². The molecule has 0 aliphatic rings. The summed E-state index contributed by atoms with van der Waals surface area (Å²) in [6, 6.07) is 9.93. The summed E-state index contributed by atoms with van der Waals surface area (Å²) in [5.41, 5.74) is 0.0418. The number of aryl methyl sites for hydroxylation is 1. The Morgan fingerprint density at radius 2 is 1.71 bits per heavy atom. The molecular formula is C16H10Cl2O5S. The molecule has 124 valence electrons. The predicted molar refractivity (Wildman–Crippen MR) is 91.5 cm³/mol. The fourth-order valence-electron chi connectivity index (χ4n) is 2.14. The maximum atomic E-state index is 12.3. The lowest BCUT2D eigenvalue weighted by molar-refractivity contribution is 0.485. The van der Waals surface area contributed by atoms with Crippen LogP contribution in [-0.2, 0) is 10.1 Å². The summed E-state index contributed by atoms with van der Waals surface area (Å²) in [6.45, 7) is 1.67. The summed E-state index contributed by atoms with van der Waals surface area (Å²) in [7, 11) is -4.03. The van der Waals surface area contributed by atoms with Crippen molar-refractivity contribution >= 4 is 44.3 Å². The Kier molecular flexibility index (Phi) is 4.29. The van der Waals surface area contributed by atoms with E-state index >= 15 is 0 Å². The van der Waals surface area contributed by atoms with Crippen molar-refractivity contribution in [2.24, 2.45) is 0 Å². The van der Waals surface area contributed by atoms with Crippen LogP contribution >= 0.6 is 23.2 Å². The van der Waals surface area contributed by atoms with E-state index in [0.717, 1.165) is 0 Å². The molecule has 8 heteroatoms. The SMILES string of the molecule is Cc1c(Cl)c(=O)oc2cc(OS(=O)(=O)c3ccc(Cl)cc3)ccc12. The predicted octanol–water partition coefficient (Wildman–Crippen LogP) is 4.18. The highest BCUT2D eigenvalue weighted by atomic mass is 35.5. The van der Waals surface area contributed by atoms with Crippen molar-refractivity contribution < 1.29 is 17.0 Å². The largest absolute Gasteiger partial charge is 0.421 e. The maximum absolute atomic E-state index is 12.3. The molecule has 0 aliphatic carbocycles. The summed E-state index contributed by atoms with van der Waals surface area (Å²) in [5.74, 6) is 0.0160. The van der Waals surface area contributed by atoms with Gasteiger partial charge in [-0.05, 0) is 48.9 Å². The first-order valence-corrected chi connectivity index (χ1v) is 8.87. The topological polar surface area (TPSA) is 73.6 Å². The molecule has 5 nitrogen and oxygen atoms in total. The van der Waals surface area contributed by atoms with Crippen molar-refractivity contribution in [1.82, 2.24) is 0 Å².